The quantitative estimate of drug-likeness (QED) is 0.343. The Morgan fingerprint density at radius 3 is 2.93 bits per heavy atom. The Kier molecular flexibility index (Phi) is 6.32. The minimum absolute atomic E-state index is 0.0165. The summed E-state index contributed by atoms with van der Waals surface area (Å²) < 4.78 is 10.5. The molecule has 0 aliphatic rings. The molecule has 10 heteroatoms. The van der Waals surface area contributed by atoms with Crippen LogP contribution in [0.25, 0.3) is 11.3 Å². The van der Waals surface area contributed by atoms with Crippen molar-refractivity contribution in [2.24, 2.45) is 0 Å². The standard InChI is InChI=1S/C18H17N3O5S2/c1-3-25-17(24)15-11(12-5-4-6-26-12)8-27-16(15)20-14(23)9-28-18-19-10(2)7-13(22)21-18/h4-8H,3,9H2,1-2H3,(H,20,23)(H,19,21,22). The summed E-state index contributed by atoms with van der Waals surface area (Å²) in [7, 11) is 0. The van der Waals surface area contributed by atoms with Crippen molar-refractivity contribution in [3.63, 3.8) is 0 Å². The summed E-state index contributed by atoms with van der Waals surface area (Å²) in [4.78, 5) is 43.0. The second-order valence-electron chi connectivity index (χ2n) is 5.58. The van der Waals surface area contributed by atoms with Crippen LogP contribution in [0.15, 0.2) is 44.2 Å². The zero-order valence-corrected chi connectivity index (χ0v) is 16.7. The molecule has 3 aromatic heterocycles. The molecule has 0 saturated carbocycles. The summed E-state index contributed by atoms with van der Waals surface area (Å²) in [5, 5.41) is 5.19. The first-order valence-electron chi connectivity index (χ1n) is 8.31. The lowest BCUT2D eigenvalue weighted by Gasteiger charge is -2.08. The SMILES string of the molecule is CCOC(=O)c1c(-c2ccco2)csc1NC(=O)CSc1nc(C)cc(=O)[nH]1. The van der Waals surface area contributed by atoms with E-state index in [1.807, 2.05) is 0 Å². The van der Waals surface area contributed by atoms with Crippen LogP contribution in [0, 0.1) is 6.92 Å². The Morgan fingerprint density at radius 2 is 2.25 bits per heavy atom. The predicted octanol–water partition coefficient (Wildman–Crippen LogP) is 3.31. The van der Waals surface area contributed by atoms with Gasteiger partial charge in [0.05, 0.1) is 18.6 Å². The van der Waals surface area contributed by atoms with Gasteiger partial charge in [-0.3, -0.25) is 9.59 Å². The first-order chi connectivity index (χ1) is 13.5. The highest BCUT2D eigenvalue weighted by Gasteiger charge is 2.24. The van der Waals surface area contributed by atoms with Gasteiger partial charge >= 0.3 is 5.97 Å². The summed E-state index contributed by atoms with van der Waals surface area (Å²) in [5.74, 6) is -0.353. The first kappa shape index (κ1) is 19.9. The Labute approximate surface area is 168 Å². The van der Waals surface area contributed by atoms with Gasteiger partial charge in [-0.25, -0.2) is 9.78 Å². The van der Waals surface area contributed by atoms with Crippen LogP contribution in [0.3, 0.4) is 0 Å². The zero-order chi connectivity index (χ0) is 20.1. The third-order valence-corrected chi connectivity index (χ3v) is 5.27. The van der Waals surface area contributed by atoms with Gasteiger partial charge in [0.25, 0.3) is 5.56 Å². The number of rotatable bonds is 7. The van der Waals surface area contributed by atoms with Crippen molar-refractivity contribution >= 4 is 40.0 Å². The van der Waals surface area contributed by atoms with Gasteiger partial charge in [0.15, 0.2) is 5.16 Å². The third kappa shape index (κ3) is 4.70. The zero-order valence-electron chi connectivity index (χ0n) is 15.1. The molecule has 3 aromatic rings. The molecule has 0 aliphatic carbocycles. The monoisotopic (exact) mass is 419 g/mol. The average Bonchev–Trinajstić information content (AvgIpc) is 3.29. The lowest BCUT2D eigenvalue weighted by atomic mass is 10.1. The second-order valence-corrected chi connectivity index (χ2v) is 7.42. The Morgan fingerprint density at radius 1 is 1.43 bits per heavy atom. The number of carbonyl (C=O) groups excluding carboxylic acids is 2. The van der Waals surface area contributed by atoms with Gasteiger partial charge in [0.2, 0.25) is 5.91 Å². The number of hydrogen-bond donors (Lipinski definition) is 2. The predicted molar refractivity (Wildman–Crippen MR) is 107 cm³/mol. The van der Waals surface area contributed by atoms with E-state index < -0.39 is 5.97 Å². The van der Waals surface area contributed by atoms with Crippen molar-refractivity contribution in [3.8, 4) is 11.3 Å². The number of aromatic amines is 1. The molecule has 0 fully saturated rings. The number of aryl methyl sites for hydroxylation is 1. The fourth-order valence-electron chi connectivity index (χ4n) is 2.39. The van der Waals surface area contributed by atoms with Gasteiger partial charge in [-0.15, -0.1) is 11.3 Å². The smallest absolute Gasteiger partial charge is 0.341 e. The topological polar surface area (TPSA) is 114 Å². The maximum Gasteiger partial charge on any atom is 0.341 e. The average molecular weight is 419 g/mol. The molecule has 146 valence electrons. The van der Waals surface area contributed by atoms with Gasteiger partial charge in [-0.05, 0) is 26.0 Å². The molecule has 0 saturated heterocycles. The van der Waals surface area contributed by atoms with Crippen LogP contribution in [-0.4, -0.2) is 34.2 Å². The van der Waals surface area contributed by atoms with E-state index in [-0.39, 0.29) is 29.4 Å². The maximum absolute atomic E-state index is 12.4. The molecule has 0 radical (unpaired) electrons. The molecular weight excluding hydrogens is 402 g/mol. The van der Waals surface area contributed by atoms with E-state index in [4.69, 9.17) is 9.15 Å². The van der Waals surface area contributed by atoms with E-state index in [1.165, 1.54) is 23.7 Å². The highest BCUT2D eigenvalue weighted by atomic mass is 32.2. The van der Waals surface area contributed by atoms with Crippen LogP contribution in [0.4, 0.5) is 5.00 Å². The highest BCUT2D eigenvalue weighted by Crippen LogP contribution is 2.36. The van der Waals surface area contributed by atoms with Gasteiger partial charge in [-0.1, -0.05) is 11.8 Å². The third-order valence-electron chi connectivity index (χ3n) is 3.50. The fraction of sp³-hybridized carbons (Fsp3) is 0.222. The summed E-state index contributed by atoms with van der Waals surface area (Å²) in [5.41, 5.74) is 1.10. The number of carbonyl (C=O) groups is 2. The molecule has 0 atom stereocenters. The number of anilines is 1. The van der Waals surface area contributed by atoms with Gasteiger partial charge in [0, 0.05) is 22.7 Å². The van der Waals surface area contributed by atoms with E-state index in [9.17, 15) is 14.4 Å². The Balaban J connectivity index is 1.76. The van der Waals surface area contributed by atoms with Gasteiger partial charge in [-0.2, -0.15) is 0 Å². The lowest BCUT2D eigenvalue weighted by Crippen LogP contribution is -2.17. The van der Waals surface area contributed by atoms with Crippen LogP contribution in [-0.2, 0) is 9.53 Å². The molecule has 8 nitrogen and oxygen atoms in total. The number of hydrogen-bond acceptors (Lipinski definition) is 8. The van der Waals surface area contributed by atoms with Crippen molar-refractivity contribution in [3.05, 3.63) is 51.5 Å². The van der Waals surface area contributed by atoms with Crippen LogP contribution >= 0.6 is 23.1 Å². The van der Waals surface area contributed by atoms with Crippen molar-refractivity contribution < 1.29 is 18.7 Å². The van der Waals surface area contributed by atoms with Crippen LogP contribution in [0.5, 0.6) is 0 Å². The number of thioether (sulfide) groups is 1. The van der Waals surface area contributed by atoms with Gasteiger partial charge < -0.3 is 19.5 Å². The normalized spacial score (nSPS) is 10.6. The number of nitrogens with zero attached hydrogens (tertiary/aromatic N) is 1. The molecule has 1 amide bonds. The van der Waals surface area contributed by atoms with E-state index in [0.717, 1.165) is 11.8 Å². The number of nitrogens with one attached hydrogen (secondary N) is 2. The van der Waals surface area contributed by atoms with Crippen molar-refractivity contribution in [2.45, 2.75) is 19.0 Å². The Hall–Kier alpha value is -2.85. The molecule has 0 unspecified atom stereocenters. The molecular formula is C18H17N3O5S2. The van der Waals surface area contributed by atoms with Crippen molar-refractivity contribution in [1.82, 2.24) is 9.97 Å². The number of aromatic nitrogens is 2. The van der Waals surface area contributed by atoms with E-state index >= 15 is 0 Å². The molecule has 3 rings (SSSR count). The number of esters is 1. The molecule has 2 N–H and O–H groups in total. The molecule has 0 aromatic carbocycles. The van der Waals surface area contributed by atoms with Crippen molar-refractivity contribution in [1.29, 1.82) is 0 Å². The number of thiophene rings is 1. The molecule has 0 spiro atoms. The van der Waals surface area contributed by atoms with Crippen molar-refractivity contribution in [2.75, 3.05) is 17.7 Å². The molecule has 3 heterocycles. The minimum Gasteiger partial charge on any atom is -0.464 e. The highest BCUT2D eigenvalue weighted by molar-refractivity contribution is 7.99. The van der Waals surface area contributed by atoms with Crippen LogP contribution < -0.4 is 10.9 Å². The first-order valence-corrected chi connectivity index (χ1v) is 10.2. The summed E-state index contributed by atoms with van der Waals surface area (Å²) in [6.07, 6.45) is 1.51. The largest absolute Gasteiger partial charge is 0.464 e. The summed E-state index contributed by atoms with van der Waals surface area (Å²) in [6, 6.07) is 4.82. The molecule has 0 bridgehead atoms. The van der Waals surface area contributed by atoms with E-state index in [0.29, 0.717) is 27.2 Å². The number of amides is 1. The summed E-state index contributed by atoms with van der Waals surface area (Å²) >= 11 is 2.30. The van der Waals surface area contributed by atoms with E-state index in [2.05, 4.69) is 15.3 Å². The van der Waals surface area contributed by atoms with Crippen LogP contribution in [0.2, 0.25) is 0 Å². The minimum atomic E-state index is -0.539. The fourth-order valence-corrected chi connectivity index (χ4v) is 4.06. The summed E-state index contributed by atoms with van der Waals surface area (Å²) in [6.45, 7) is 3.62. The maximum atomic E-state index is 12.4. The number of ether oxygens (including phenoxy) is 1. The van der Waals surface area contributed by atoms with Gasteiger partial charge in [0.1, 0.15) is 16.3 Å². The number of furan rings is 1. The molecule has 0 aliphatic heterocycles. The number of H-pyrrole nitrogens is 1. The van der Waals surface area contributed by atoms with E-state index in [1.54, 1.807) is 31.4 Å². The lowest BCUT2D eigenvalue weighted by molar-refractivity contribution is -0.113. The second kappa shape index (κ2) is 8.89. The van der Waals surface area contributed by atoms with Crippen LogP contribution in [0.1, 0.15) is 23.0 Å². The Bertz CT molecular complexity index is 1040. The molecule has 28 heavy (non-hydrogen) atoms.